The van der Waals surface area contributed by atoms with E-state index in [0.29, 0.717) is 0 Å². The first kappa shape index (κ1) is 17.0. The smallest absolute Gasteiger partial charge is 0.410 e. The molecule has 3 heterocycles. The van der Waals surface area contributed by atoms with Crippen LogP contribution in [0.1, 0.15) is 45.2 Å². The summed E-state index contributed by atoms with van der Waals surface area (Å²) in [5.74, 6) is 1.01. The molecule has 132 valence electrons. The van der Waals surface area contributed by atoms with E-state index < -0.39 is 5.60 Å². The highest BCUT2D eigenvalue weighted by Crippen LogP contribution is 2.37. The number of nitrogens with zero attached hydrogens (tertiary/aromatic N) is 3. The quantitative estimate of drug-likeness (QED) is 0.902. The van der Waals surface area contributed by atoms with E-state index in [0.717, 1.165) is 56.9 Å². The largest absolute Gasteiger partial charge is 0.444 e. The minimum absolute atomic E-state index is 0.0541. The average Bonchev–Trinajstić information content (AvgIpc) is 3.04. The lowest BCUT2D eigenvalue weighted by Crippen LogP contribution is -2.44. The van der Waals surface area contributed by atoms with Crippen LogP contribution in [0.15, 0.2) is 18.3 Å². The van der Waals surface area contributed by atoms with Crippen LogP contribution in [0.4, 0.5) is 10.6 Å². The minimum atomic E-state index is -0.472. The van der Waals surface area contributed by atoms with Gasteiger partial charge >= 0.3 is 6.09 Å². The molecule has 0 spiro atoms. The highest BCUT2D eigenvalue weighted by molar-refractivity contribution is 5.70. The fourth-order valence-electron chi connectivity index (χ4n) is 3.44. The van der Waals surface area contributed by atoms with E-state index in [1.807, 2.05) is 37.9 Å². The molecule has 1 N–H and O–H groups in total. The SMILES string of the molecule is CC(C)(C)OC(=O)N1CCCC1c1cccnc1N1CCNCC1. The molecule has 1 atom stereocenters. The molecule has 6 nitrogen and oxygen atoms in total. The molecule has 0 aromatic carbocycles. The summed E-state index contributed by atoms with van der Waals surface area (Å²) in [6.07, 6.45) is 3.58. The third-order valence-corrected chi connectivity index (χ3v) is 4.47. The van der Waals surface area contributed by atoms with Gasteiger partial charge in [0.25, 0.3) is 0 Å². The van der Waals surface area contributed by atoms with Gasteiger partial charge in [-0.25, -0.2) is 9.78 Å². The van der Waals surface area contributed by atoms with E-state index in [1.54, 1.807) is 0 Å². The van der Waals surface area contributed by atoms with Gasteiger partial charge in [0, 0.05) is 44.5 Å². The first-order valence-corrected chi connectivity index (χ1v) is 8.86. The Morgan fingerprint density at radius 3 is 2.75 bits per heavy atom. The molecule has 1 amide bonds. The van der Waals surface area contributed by atoms with Crippen molar-refractivity contribution in [2.24, 2.45) is 0 Å². The highest BCUT2D eigenvalue weighted by atomic mass is 16.6. The van der Waals surface area contributed by atoms with Crippen LogP contribution in [-0.2, 0) is 4.74 Å². The maximum Gasteiger partial charge on any atom is 0.410 e. The Hall–Kier alpha value is -1.82. The Bertz CT molecular complexity index is 579. The van der Waals surface area contributed by atoms with Crippen molar-refractivity contribution in [3.05, 3.63) is 23.9 Å². The van der Waals surface area contributed by atoms with Crippen LogP contribution < -0.4 is 10.2 Å². The number of nitrogens with one attached hydrogen (secondary N) is 1. The summed E-state index contributed by atoms with van der Waals surface area (Å²) in [5, 5.41) is 3.37. The van der Waals surface area contributed by atoms with Gasteiger partial charge in [-0.1, -0.05) is 6.07 Å². The molecular formula is C18H28N4O2. The van der Waals surface area contributed by atoms with Crippen molar-refractivity contribution in [1.82, 2.24) is 15.2 Å². The van der Waals surface area contributed by atoms with Gasteiger partial charge in [-0.3, -0.25) is 0 Å². The second kappa shape index (κ2) is 6.97. The fraction of sp³-hybridized carbons (Fsp3) is 0.667. The average molecular weight is 332 g/mol. The van der Waals surface area contributed by atoms with Gasteiger partial charge in [-0.2, -0.15) is 0 Å². The van der Waals surface area contributed by atoms with Crippen LogP contribution in [0.5, 0.6) is 0 Å². The number of ether oxygens (including phenoxy) is 1. The summed E-state index contributed by atoms with van der Waals surface area (Å²) in [6, 6.07) is 4.13. The molecule has 1 aromatic rings. The van der Waals surface area contributed by atoms with Crippen LogP contribution in [0.3, 0.4) is 0 Å². The lowest BCUT2D eigenvalue weighted by Gasteiger charge is -2.33. The molecule has 0 aliphatic carbocycles. The van der Waals surface area contributed by atoms with Crippen molar-refractivity contribution in [1.29, 1.82) is 0 Å². The van der Waals surface area contributed by atoms with Crippen LogP contribution in [0, 0.1) is 0 Å². The number of rotatable bonds is 2. The van der Waals surface area contributed by atoms with Crippen LogP contribution in [0.25, 0.3) is 0 Å². The van der Waals surface area contributed by atoms with Crippen LogP contribution in [-0.4, -0.2) is 54.3 Å². The van der Waals surface area contributed by atoms with Crippen molar-refractivity contribution in [3.63, 3.8) is 0 Å². The molecule has 3 rings (SSSR count). The molecule has 2 aliphatic rings. The topological polar surface area (TPSA) is 57.7 Å². The summed E-state index contributed by atoms with van der Waals surface area (Å²) in [4.78, 5) is 21.4. The monoisotopic (exact) mass is 332 g/mol. The van der Waals surface area contributed by atoms with Crippen molar-refractivity contribution < 1.29 is 9.53 Å². The molecule has 2 saturated heterocycles. The van der Waals surface area contributed by atoms with Gasteiger partial charge in [0.2, 0.25) is 0 Å². The number of amides is 1. The Balaban J connectivity index is 1.83. The molecule has 1 aromatic heterocycles. The van der Waals surface area contributed by atoms with Crippen molar-refractivity contribution in [3.8, 4) is 0 Å². The number of anilines is 1. The van der Waals surface area contributed by atoms with Gasteiger partial charge in [0.1, 0.15) is 11.4 Å². The molecule has 0 radical (unpaired) electrons. The normalized spacial score (nSPS) is 21.9. The Labute approximate surface area is 144 Å². The van der Waals surface area contributed by atoms with Crippen LogP contribution in [0.2, 0.25) is 0 Å². The summed E-state index contributed by atoms with van der Waals surface area (Å²) >= 11 is 0. The summed E-state index contributed by atoms with van der Waals surface area (Å²) in [7, 11) is 0. The Morgan fingerprint density at radius 2 is 2.04 bits per heavy atom. The minimum Gasteiger partial charge on any atom is -0.444 e. The van der Waals surface area contributed by atoms with Crippen molar-refractivity contribution in [2.45, 2.75) is 45.3 Å². The molecule has 2 aliphatic heterocycles. The zero-order valence-electron chi connectivity index (χ0n) is 14.9. The Kier molecular flexibility index (Phi) is 4.94. The zero-order valence-corrected chi connectivity index (χ0v) is 14.9. The first-order chi connectivity index (χ1) is 11.5. The lowest BCUT2D eigenvalue weighted by atomic mass is 10.0. The maximum absolute atomic E-state index is 12.6. The lowest BCUT2D eigenvalue weighted by molar-refractivity contribution is 0.0224. The second-order valence-corrected chi connectivity index (χ2v) is 7.49. The predicted molar refractivity (Wildman–Crippen MR) is 94.2 cm³/mol. The van der Waals surface area contributed by atoms with E-state index in [-0.39, 0.29) is 12.1 Å². The standard InChI is InChI=1S/C18H28N4O2/c1-18(2,3)24-17(23)22-11-5-7-15(22)14-6-4-8-20-16(14)21-12-9-19-10-13-21/h4,6,8,15,19H,5,7,9-13H2,1-3H3. The van der Waals surface area contributed by atoms with Crippen LogP contribution >= 0.6 is 0 Å². The van der Waals surface area contributed by atoms with Crippen molar-refractivity contribution in [2.75, 3.05) is 37.6 Å². The second-order valence-electron chi connectivity index (χ2n) is 7.49. The van der Waals surface area contributed by atoms with E-state index in [4.69, 9.17) is 4.74 Å². The molecule has 24 heavy (non-hydrogen) atoms. The number of piperazine rings is 1. The van der Waals surface area contributed by atoms with Gasteiger partial charge < -0.3 is 19.9 Å². The van der Waals surface area contributed by atoms with E-state index in [1.165, 1.54) is 0 Å². The number of carbonyl (C=O) groups excluding carboxylic acids is 1. The predicted octanol–water partition coefficient (Wildman–Crippen LogP) is 2.56. The molecule has 0 bridgehead atoms. The molecule has 0 saturated carbocycles. The molecular weight excluding hydrogens is 304 g/mol. The summed E-state index contributed by atoms with van der Waals surface area (Å²) < 4.78 is 5.60. The van der Waals surface area contributed by atoms with Gasteiger partial charge in [-0.15, -0.1) is 0 Å². The maximum atomic E-state index is 12.6. The first-order valence-electron chi connectivity index (χ1n) is 8.86. The van der Waals surface area contributed by atoms with Gasteiger partial charge in [0.05, 0.1) is 6.04 Å². The zero-order chi connectivity index (χ0) is 17.2. The van der Waals surface area contributed by atoms with Gasteiger partial charge in [-0.05, 0) is 39.7 Å². The highest BCUT2D eigenvalue weighted by Gasteiger charge is 2.35. The summed E-state index contributed by atoms with van der Waals surface area (Å²) in [6.45, 7) is 10.3. The summed E-state index contributed by atoms with van der Waals surface area (Å²) in [5.41, 5.74) is 0.670. The Morgan fingerprint density at radius 1 is 1.29 bits per heavy atom. The third-order valence-electron chi connectivity index (χ3n) is 4.47. The number of hydrogen-bond acceptors (Lipinski definition) is 5. The number of carbonyl (C=O) groups is 1. The number of hydrogen-bond donors (Lipinski definition) is 1. The van der Waals surface area contributed by atoms with Gasteiger partial charge in [0.15, 0.2) is 0 Å². The molecule has 6 heteroatoms. The van der Waals surface area contributed by atoms with E-state index >= 15 is 0 Å². The molecule has 2 fully saturated rings. The number of pyridine rings is 1. The number of aromatic nitrogens is 1. The van der Waals surface area contributed by atoms with E-state index in [2.05, 4.69) is 21.3 Å². The van der Waals surface area contributed by atoms with E-state index in [9.17, 15) is 4.79 Å². The molecule has 1 unspecified atom stereocenters. The fourth-order valence-corrected chi connectivity index (χ4v) is 3.44. The van der Waals surface area contributed by atoms with Crippen molar-refractivity contribution >= 4 is 11.9 Å². The number of likely N-dealkylation sites (tertiary alicyclic amines) is 1. The third kappa shape index (κ3) is 3.80.